The first-order valence-electron chi connectivity index (χ1n) is 6.48. The quantitative estimate of drug-likeness (QED) is 0.898. The minimum Gasteiger partial charge on any atom is -0.497 e. The first-order valence-corrected chi connectivity index (χ1v) is 6.48. The molecule has 4 nitrogen and oxygen atoms in total. The van der Waals surface area contributed by atoms with Crippen LogP contribution in [-0.4, -0.2) is 22.0 Å². The zero-order valence-electron chi connectivity index (χ0n) is 11.6. The molecule has 2 rings (SSSR count). The van der Waals surface area contributed by atoms with Gasteiger partial charge in [-0.1, -0.05) is 19.1 Å². The van der Waals surface area contributed by atoms with Crippen molar-refractivity contribution < 1.29 is 9.84 Å². The monoisotopic (exact) mass is 260 g/mol. The molecule has 1 heterocycles. The number of methoxy groups -OCH3 is 1. The Morgan fingerprint density at radius 3 is 2.84 bits per heavy atom. The standard InChI is InChI=1S/C15H20N2O2/c1-4-10-17-14(8-9-16-17)15(2,18)12-6-5-7-13(11-12)19-3/h5-9,11,18H,4,10H2,1-3H3. The summed E-state index contributed by atoms with van der Waals surface area (Å²) in [6.45, 7) is 4.67. The second-order valence-corrected chi connectivity index (χ2v) is 4.74. The number of aromatic nitrogens is 2. The Balaban J connectivity index is 2.42. The highest BCUT2D eigenvalue weighted by molar-refractivity contribution is 5.36. The third-order valence-electron chi connectivity index (χ3n) is 3.28. The minimum absolute atomic E-state index is 0.735. The molecule has 1 N–H and O–H groups in total. The number of aryl methyl sites for hydroxylation is 1. The summed E-state index contributed by atoms with van der Waals surface area (Å²) in [7, 11) is 1.62. The molecule has 0 radical (unpaired) electrons. The topological polar surface area (TPSA) is 47.3 Å². The zero-order valence-corrected chi connectivity index (χ0v) is 11.6. The average molecular weight is 260 g/mol. The van der Waals surface area contributed by atoms with E-state index in [4.69, 9.17) is 4.74 Å². The number of hydrogen-bond donors (Lipinski definition) is 1. The second kappa shape index (κ2) is 5.45. The SMILES string of the molecule is CCCn1nccc1C(C)(O)c1cccc(OC)c1. The third-order valence-corrected chi connectivity index (χ3v) is 3.28. The lowest BCUT2D eigenvalue weighted by Crippen LogP contribution is -2.27. The van der Waals surface area contributed by atoms with Crippen molar-refractivity contribution in [3.05, 3.63) is 47.8 Å². The fourth-order valence-electron chi connectivity index (χ4n) is 2.21. The van der Waals surface area contributed by atoms with Crippen molar-refractivity contribution in [1.82, 2.24) is 9.78 Å². The first-order chi connectivity index (χ1) is 9.09. The number of ether oxygens (including phenoxy) is 1. The molecule has 0 aliphatic heterocycles. The van der Waals surface area contributed by atoms with Crippen LogP contribution in [0.1, 0.15) is 31.5 Å². The Labute approximate surface area is 113 Å². The van der Waals surface area contributed by atoms with Gasteiger partial charge in [-0.05, 0) is 37.1 Å². The van der Waals surface area contributed by atoms with Crippen LogP contribution in [0.15, 0.2) is 36.5 Å². The maximum Gasteiger partial charge on any atom is 0.128 e. The van der Waals surface area contributed by atoms with E-state index in [1.807, 2.05) is 35.0 Å². The predicted octanol–water partition coefficient (Wildman–Crippen LogP) is 2.56. The first kappa shape index (κ1) is 13.6. The van der Waals surface area contributed by atoms with Crippen LogP contribution in [0, 0.1) is 0 Å². The fourth-order valence-corrected chi connectivity index (χ4v) is 2.21. The van der Waals surface area contributed by atoms with E-state index < -0.39 is 5.60 Å². The number of nitrogens with zero attached hydrogens (tertiary/aromatic N) is 2. The summed E-state index contributed by atoms with van der Waals surface area (Å²) in [6.07, 6.45) is 2.70. The lowest BCUT2D eigenvalue weighted by molar-refractivity contribution is 0.0911. The van der Waals surface area contributed by atoms with Gasteiger partial charge < -0.3 is 9.84 Å². The van der Waals surface area contributed by atoms with E-state index in [1.165, 1.54) is 0 Å². The van der Waals surface area contributed by atoms with E-state index in [1.54, 1.807) is 20.2 Å². The summed E-state index contributed by atoms with van der Waals surface area (Å²) < 4.78 is 7.06. The summed E-state index contributed by atoms with van der Waals surface area (Å²) >= 11 is 0. The van der Waals surface area contributed by atoms with Crippen LogP contribution in [0.2, 0.25) is 0 Å². The molecule has 4 heteroatoms. The van der Waals surface area contributed by atoms with Crippen molar-refractivity contribution in [3.8, 4) is 5.75 Å². The third kappa shape index (κ3) is 2.63. The summed E-state index contributed by atoms with van der Waals surface area (Å²) in [5.41, 5.74) is 0.507. The van der Waals surface area contributed by atoms with Crippen LogP contribution in [0.3, 0.4) is 0 Å². The van der Waals surface area contributed by atoms with E-state index in [0.29, 0.717) is 0 Å². The van der Waals surface area contributed by atoms with Gasteiger partial charge in [-0.3, -0.25) is 4.68 Å². The van der Waals surface area contributed by atoms with Crippen molar-refractivity contribution in [3.63, 3.8) is 0 Å². The molecule has 19 heavy (non-hydrogen) atoms. The fraction of sp³-hybridized carbons (Fsp3) is 0.400. The summed E-state index contributed by atoms with van der Waals surface area (Å²) in [5.74, 6) is 0.735. The molecular weight excluding hydrogens is 240 g/mol. The highest BCUT2D eigenvalue weighted by Crippen LogP contribution is 2.30. The molecule has 0 saturated carbocycles. The Morgan fingerprint density at radius 2 is 2.16 bits per heavy atom. The van der Waals surface area contributed by atoms with Crippen molar-refractivity contribution in [2.75, 3.05) is 7.11 Å². The molecule has 0 bridgehead atoms. The molecule has 0 amide bonds. The molecule has 1 atom stereocenters. The van der Waals surface area contributed by atoms with Crippen LogP contribution < -0.4 is 4.74 Å². The van der Waals surface area contributed by atoms with Gasteiger partial charge in [0.05, 0.1) is 12.8 Å². The highest BCUT2D eigenvalue weighted by atomic mass is 16.5. The number of rotatable bonds is 5. The van der Waals surface area contributed by atoms with Gasteiger partial charge >= 0.3 is 0 Å². The van der Waals surface area contributed by atoms with Crippen molar-refractivity contribution >= 4 is 0 Å². The van der Waals surface area contributed by atoms with E-state index in [2.05, 4.69) is 12.0 Å². The largest absolute Gasteiger partial charge is 0.497 e. The van der Waals surface area contributed by atoms with Crippen LogP contribution in [0.5, 0.6) is 5.75 Å². The second-order valence-electron chi connectivity index (χ2n) is 4.74. The Kier molecular flexibility index (Phi) is 3.90. The summed E-state index contributed by atoms with van der Waals surface area (Å²) in [5, 5.41) is 15.1. The molecule has 0 spiro atoms. The molecule has 2 aromatic rings. The Morgan fingerprint density at radius 1 is 1.37 bits per heavy atom. The minimum atomic E-state index is -1.08. The Bertz CT molecular complexity index is 547. The van der Waals surface area contributed by atoms with Gasteiger partial charge in [-0.15, -0.1) is 0 Å². The number of hydrogen-bond acceptors (Lipinski definition) is 3. The van der Waals surface area contributed by atoms with E-state index in [9.17, 15) is 5.11 Å². The summed E-state index contributed by atoms with van der Waals surface area (Å²) in [4.78, 5) is 0. The molecule has 0 saturated heterocycles. The van der Waals surface area contributed by atoms with Gasteiger partial charge in [0, 0.05) is 12.7 Å². The van der Waals surface area contributed by atoms with Crippen LogP contribution in [0.4, 0.5) is 0 Å². The highest BCUT2D eigenvalue weighted by Gasteiger charge is 2.29. The number of benzene rings is 1. The number of aliphatic hydroxyl groups is 1. The van der Waals surface area contributed by atoms with Crippen LogP contribution >= 0.6 is 0 Å². The molecule has 0 aliphatic rings. The normalized spacial score (nSPS) is 14.1. The molecule has 0 aliphatic carbocycles. The van der Waals surface area contributed by atoms with Crippen molar-refractivity contribution in [1.29, 1.82) is 0 Å². The van der Waals surface area contributed by atoms with Gasteiger partial charge in [0.15, 0.2) is 0 Å². The molecule has 1 aromatic carbocycles. The van der Waals surface area contributed by atoms with Crippen LogP contribution in [-0.2, 0) is 12.1 Å². The van der Waals surface area contributed by atoms with Gasteiger partial charge in [-0.25, -0.2) is 0 Å². The van der Waals surface area contributed by atoms with Crippen molar-refractivity contribution in [2.45, 2.75) is 32.4 Å². The molecule has 1 unspecified atom stereocenters. The van der Waals surface area contributed by atoms with E-state index >= 15 is 0 Å². The zero-order chi connectivity index (χ0) is 13.9. The van der Waals surface area contributed by atoms with E-state index in [0.717, 1.165) is 30.0 Å². The molecule has 0 fully saturated rings. The lowest BCUT2D eigenvalue weighted by atomic mass is 9.92. The van der Waals surface area contributed by atoms with Gasteiger partial charge in [-0.2, -0.15) is 5.10 Å². The maximum atomic E-state index is 10.9. The lowest BCUT2D eigenvalue weighted by Gasteiger charge is -2.25. The van der Waals surface area contributed by atoms with Crippen LogP contribution in [0.25, 0.3) is 0 Å². The Hall–Kier alpha value is -1.81. The van der Waals surface area contributed by atoms with Crippen molar-refractivity contribution in [2.24, 2.45) is 0 Å². The molecule has 102 valence electrons. The van der Waals surface area contributed by atoms with E-state index in [-0.39, 0.29) is 0 Å². The van der Waals surface area contributed by atoms with Gasteiger partial charge in [0.25, 0.3) is 0 Å². The molecular formula is C15H20N2O2. The smallest absolute Gasteiger partial charge is 0.128 e. The summed E-state index contributed by atoms with van der Waals surface area (Å²) in [6, 6.07) is 9.34. The van der Waals surface area contributed by atoms with Gasteiger partial charge in [0.2, 0.25) is 0 Å². The maximum absolute atomic E-state index is 10.9. The molecule has 1 aromatic heterocycles. The average Bonchev–Trinajstić information content (AvgIpc) is 2.88. The predicted molar refractivity (Wildman–Crippen MR) is 74.2 cm³/mol. The van der Waals surface area contributed by atoms with Gasteiger partial charge in [0.1, 0.15) is 11.4 Å².